The van der Waals surface area contributed by atoms with Crippen LogP contribution in [-0.2, 0) is 9.59 Å². The van der Waals surface area contributed by atoms with Gasteiger partial charge in [-0.15, -0.1) is 24.0 Å². The summed E-state index contributed by atoms with van der Waals surface area (Å²) >= 11 is 0. The van der Waals surface area contributed by atoms with Crippen molar-refractivity contribution < 1.29 is 9.59 Å². The normalized spacial score (nSPS) is 18.6. The van der Waals surface area contributed by atoms with E-state index in [1.165, 1.54) is 12.8 Å². The zero-order valence-corrected chi connectivity index (χ0v) is 21.3. The summed E-state index contributed by atoms with van der Waals surface area (Å²) in [5.41, 5.74) is 0. The van der Waals surface area contributed by atoms with Crippen LogP contribution in [0, 0.1) is 5.92 Å². The topological polar surface area (TPSA) is 80.3 Å². The standard InChI is InChI=1S/C21H40N6O2.HI/c1-4-22-21(24-10-9-23-20(29)18(2)3)27-15-13-25(14-16-27)17-19(28)26-11-7-5-6-8-12-26;/h18H,4-17H2,1-3H3,(H,22,24)(H,23,29);1H. The Bertz CT molecular complexity index is 542. The summed E-state index contributed by atoms with van der Waals surface area (Å²) in [4.78, 5) is 35.5. The summed E-state index contributed by atoms with van der Waals surface area (Å²) in [6, 6.07) is 0. The van der Waals surface area contributed by atoms with E-state index >= 15 is 0 Å². The zero-order chi connectivity index (χ0) is 21.1. The number of hydrogen-bond acceptors (Lipinski definition) is 4. The van der Waals surface area contributed by atoms with E-state index in [-0.39, 0.29) is 41.7 Å². The molecule has 0 aromatic carbocycles. The molecular weight excluding hydrogens is 495 g/mol. The van der Waals surface area contributed by atoms with Crippen LogP contribution in [0.25, 0.3) is 0 Å². The number of aliphatic imine (C=N–C) groups is 1. The van der Waals surface area contributed by atoms with E-state index in [0.29, 0.717) is 19.6 Å². The number of nitrogens with zero attached hydrogens (tertiary/aromatic N) is 4. The van der Waals surface area contributed by atoms with Crippen molar-refractivity contribution in [3.05, 3.63) is 0 Å². The van der Waals surface area contributed by atoms with Crippen LogP contribution < -0.4 is 10.6 Å². The van der Waals surface area contributed by atoms with Crippen molar-refractivity contribution in [2.24, 2.45) is 10.9 Å². The second-order valence-electron chi connectivity index (χ2n) is 8.24. The first-order chi connectivity index (χ1) is 14.0. The molecule has 2 fully saturated rings. The molecule has 0 radical (unpaired) electrons. The number of carbonyl (C=O) groups is 2. The fourth-order valence-electron chi connectivity index (χ4n) is 3.70. The summed E-state index contributed by atoms with van der Waals surface area (Å²) < 4.78 is 0. The van der Waals surface area contributed by atoms with Gasteiger partial charge in [0.15, 0.2) is 5.96 Å². The molecule has 0 bridgehead atoms. The van der Waals surface area contributed by atoms with Gasteiger partial charge in [-0.25, -0.2) is 0 Å². The fraction of sp³-hybridized carbons (Fsp3) is 0.857. The van der Waals surface area contributed by atoms with Crippen LogP contribution in [0.15, 0.2) is 4.99 Å². The van der Waals surface area contributed by atoms with Crippen LogP contribution in [0.3, 0.4) is 0 Å². The molecule has 2 aliphatic heterocycles. The molecule has 0 unspecified atom stereocenters. The molecule has 0 spiro atoms. The average molecular weight is 537 g/mol. The Hall–Kier alpha value is -1.10. The Morgan fingerprint density at radius 3 is 2.10 bits per heavy atom. The predicted molar refractivity (Wildman–Crippen MR) is 132 cm³/mol. The molecule has 2 aliphatic rings. The fourth-order valence-corrected chi connectivity index (χ4v) is 3.70. The van der Waals surface area contributed by atoms with E-state index < -0.39 is 0 Å². The Morgan fingerprint density at radius 2 is 1.53 bits per heavy atom. The van der Waals surface area contributed by atoms with E-state index in [1.807, 2.05) is 13.8 Å². The number of nitrogens with one attached hydrogen (secondary N) is 2. The number of amides is 2. The first kappa shape index (κ1) is 26.9. The minimum Gasteiger partial charge on any atom is -0.357 e. The van der Waals surface area contributed by atoms with E-state index in [1.54, 1.807) is 0 Å². The van der Waals surface area contributed by atoms with Crippen molar-refractivity contribution in [3.8, 4) is 0 Å². The molecule has 0 saturated carbocycles. The molecule has 174 valence electrons. The van der Waals surface area contributed by atoms with Crippen LogP contribution in [0.1, 0.15) is 46.5 Å². The maximum Gasteiger partial charge on any atom is 0.236 e. The number of rotatable bonds is 7. The van der Waals surface area contributed by atoms with Crippen LogP contribution in [0.4, 0.5) is 0 Å². The number of piperazine rings is 1. The average Bonchev–Trinajstić information content (AvgIpc) is 3.00. The van der Waals surface area contributed by atoms with Crippen LogP contribution in [0.5, 0.6) is 0 Å². The molecule has 0 aliphatic carbocycles. The van der Waals surface area contributed by atoms with Crippen molar-refractivity contribution in [2.45, 2.75) is 46.5 Å². The molecule has 2 heterocycles. The van der Waals surface area contributed by atoms with Gasteiger partial charge in [-0.1, -0.05) is 26.7 Å². The zero-order valence-electron chi connectivity index (χ0n) is 19.0. The van der Waals surface area contributed by atoms with Crippen molar-refractivity contribution in [1.29, 1.82) is 0 Å². The number of likely N-dealkylation sites (tertiary alicyclic amines) is 1. The molecule has 8 nitrogen and oxygen atoms in total. The minimum absolute atomic E-state index is 0. The monoisotopic (exact) mass is 536 g/mol. The van der Waals surface area contributed by atoms with Crippen molar-refractivity contribution >= 4 is 41.8 Å². The summed E-state index contributed by atoms with van der Waals surface area (Å²) in [5.74, 6) is 1.23. The molecule has 2 N–H and O–H groups in total. The highest BCUT2D eigenvalue weighted by atomic mass is 127. The third-order valence-corrected chi connectivity index (χ3v) is 5.52. The molecule has 2 amide bonds. The smallest absolute Gasteiger partial charge is 0.236 e. The van der Waals surface area contributed by atoms with Gasteiger partial charge >= 0.3 is 0 Å². The molecule has 2 rings (SSSR count). The van der Waals surface area contributed by atoms with Gasteiger partial charge in [0.2, 0.25) is 11.8 Å². The molecule has 0 aromatic rings. The van der Waals surface area contributed by atoms with Gasteiger partial charge in [0.25, 0.3) is 0 Å². The van der Waals surface area contributed by atoms with E-state index in [9.17, 15) is 9.59 Å². The highest BCUT2D eigenvalue weighted by Gasteiger charge is 2.23. The first-order valence-corrected chi connectivity index (χ1v) is 11.3. The summed E-state index contributed by atoms with van der Waals surface area (Å²) in [5, 5.41) is 6.25. The quantitative estimate of drug-likeness (QED) is 0.223. The molecule has 0 aromatic heterocycles. The Balaban J connectivity index is 0.00000450. The lowest BCUT2D eigenvalue weighted by Gasteiger charge is -2.37. The second-order valence-corrected chi connectivity index (χ2v) is 8.24. The van der Waals surface area contributed by atoms with Crippen molar-refractivity contribution in [2.75, 3.05) is 65.4 Å². The molecule has 2 saturated heterocycles. The summed E-state index contributed by atoms with van der Waals surface area (Å²) in [6.45, 7) is 13.6. The number of guanidine groups is 1. The minimum atomic E-state index is -0.00248. The Kier molecular flexibility index (Phi) is 13.3. The van der Waals surface area contributed by atoms with Gasteiger partial charge in [0.1, 0.15) is 0 Å². The highest BCUT2D eigenvalue weighted by Crippen LogP contribution is 2.11. The Morgan fingerprint density at radius 1 is 0.900 bits per heavy atom. The van der Waals surface area contributed by atoms with Gasteiger partial charge in [-0.05, 0) is 19.8 Å². The van der Waals surface area contributed by atoms with Crippen LogP contribution >= 0.6 is 24.0 Å². The third-order valence-electron chi connectivity index (χ3n) is 5.52. The molecule has 0 atom stereocenters. The molecule has 9 heteroatoms. The lowest BCUT2D eigenvalue weighted by atomic mass is 10.2. The van der Waals surface area contributed by atoms with E-state index in [2.05, 4.69) is 37.2 Å². The second kappa shape index (κ2) is 14.8. The summed E-state index contributed by atoms with van der Waals surface area (Å²) in [7, 11) is 0. The predicted octanol–water partition coefficient (Wildman–Crippen LogP) is 1.36. The SMILES string of the molecule is CCNC(=NCCNC(=O)C(C)C)N1CCN(CC(=O)N2CCCCCC2)CC1.I. The lowest BCUT2D eigenvalue weighted by Crippen LogP contribution is -2.54. The van der Waals surface area contributed by atoms with Gasteiger partial charge in [0, 0.05) is 58.3 Å². The van der Waals surface area contributed by atoms with Crippen LogP contribution in [0.2, 0.25) is 0 Å². The van der Waals surface area contributed by atoms with Gasteiger partial charge < -0.3 is 20.4 Å². The van der Waals surface area contributed by atoms with E-state index in [4.69, 9.17) is 0 Å². The first-order valence-electron chi connectivity index (χ1n) is 11.3. The summed E-state index contributed by atoms with van der Waals surface area (Å²) in [6.07, 6.45) is 4.77. The van der Waals surface area contributed by atoms with Gasteiger partial charge in [0.05, 0.1) is 13.1 Å². The largest absolute Gasteiger partial charge is 0.357 e. The highest BCUT2D eigenvalue weighted by molar-refractivity contribution is 14.0. The molecule has 30 heavy (non-hydrogen) atoms. The van der Waals surface area contributed by atoms with Gasteiger partial charge in [-0.2, -0.15) is 0 Å². The van der Waals surface area contributed by atoms with Crippen molar-refractivity contribution in [1.82, 2.24) is 25.3 Å². The Labute approximate surface area is 199 Å². The number of halogens is 1. The van der Waals surface area contributed by atoms with E-state index in [0.717, 1.165) is 64.6 Å². The number of hydrogen-bond donors (Lipinski definition) is 2. The lowest BCUT2D eigenvalue weighted by molar-refractivity contribution is -0.132. The van der Waals surface area contributed by atoms with Crippen molar-refractivity contribution in [3.63, 3.8) is 0 Å². The maximum absolute atomic E-state index is 12.6. The van der Waals surface area contributed by atoms with Crippen LogP contribution in [-0.4, -0.2) is 97.9 Å². The van der Waals surface area contributed by atoms with Gasteiger partial charge in [-0.3, -0.25) is 19.5 Å². The molecular formula is C21H41IN6O2. The number of carbonyl (C=O) groups excluding carboxylic acids is 2. The maximum atomic E-state index is 12.6. The third kappa shape index (κ3) is 9.36.